The fraction of sp³-hybridized carbons (Fsp3) is 0.111. The summed E-state index contributed by atoms with van der Waals surface area (Å²) in [6, 6.07) is 1.07. The maximum Gasteiger partial charge on any atom is 0.366 e. The Balaban J connectivity index is 2.93. The maximum atomic E-state index is 13.0. The molecule has 2 N–H and O–H groups in total. The van der Waals surface area contributed by atoms with Crippen LogP contribution in [-0.2, 0) is 4.79 Å². The number of aliphatic carboxylic acids is 1. The minimum Gasteiger partial charge on any atom is -0.476 e. The molecule has 0 unspecified atom stereocenters. The van der Waals surface area contributed by atoms with Gasteiger partial charge >= 0.3 is 5.97 Å². The fourth-order valence-electron chi connectivity index (χ4n) is 0.921. The summed E-state index contributed by atoms with van der Waals surface area (Å²) in [6.07, 6.45) is 1.24. The zero-order valence-electron chi connectivity index (χ0n) is 8.09. The lowest BCUT2D eigenvalue weighted by atomic mass is 10.3. The zero-order valence-corrected chi connectivity index (χ0v) is 9.68. The number of pyridine rings is 1. The van der Waals surface area contributed by atoms with Gasteiger partial charge in [0.15, 0.2) is 5.82 Å². The molecule has 0 aliphatic heterocycles. The molecule has 0 aromatic carbocycles. The van der Waals surface area contributed by atoms with E-state index in [1.807, 2.05) is 0 Å². The van der Waals surface area contributed by atoms with Crippen LogP contribution in [-0.4, -0.2) is 16.1 Å². The molecule has 0 bridgehead atoms. The first-order valence-corrected chi connectivity index (χ1v) is 4.89. The maximum absolute atomic E-state index is 13.0. The number of nitrogens with one attached hydrogen (secondary N) is 1. The second-order valence-corrected chi connectivity index (χ2v) is 3.62. The summed E-state index contributed by atoms with van der Waals surface area (Å²) < 4.78 is 25.9. The predicted molar refractivity (Wildman–Crippen MR) is 57.0 cm³/mol. The van der Waals surface area contributed by atoms with E-state index in [0.29, 0.717) is 0 Å². The van der Waals surface area contributed by atoms with Gasteiger partial charge < -0.3 is 10.4 Å². The van der Waals surface area contributed by atoms with Crippen molar-refractivity contribution in [3.63, 3.8) is 0 Å². The number of hydrogen-bond donors (Lipinski definition) is 2. The molecular formula is C9H7BrF2N2O2. The van der Waals surface area contributed by atoms with Crippen LogP contribution in [0.3, 0.4) is 0 Å². The lowest BCUT2D eigenvalue weighted by Crippen LogP contribution is -2.05. The van der Waals surface area contributed by atoms with Gasteiger partial charge in [0.1, 0.15) is 4.60 Å². The van der Waals surface area contributed by atoms with E-state index in [4.69, 9.17) is 5.11 Å². The summed E-state index contributed by atoms with van der Waals surface area (Å²) >= 11 is 2.85. The number of nitrogens with zero attached hydrogens (tertiary/aromatic N) is 1. The molecule has 1 aromatic rings. The summed E-state index contributed by atoms with van der Waals surface area (Å²) in [7, 11) is 0. The minimum absolute atomic E-state index is 0.0263. The molecule has 0 spiro atoms. The number of hydrogen-bond acceptors (Lipinski definition) is 3. The van der Waals surface area contributed by atoms with Crippen LogP contribution in [0.2, 0.25) is 0 Å². The van der Waals surface area contributed by atoms with Crippen LogP contribution in [0.25, 0.3) is 0 Å². The van der Waals surface area contributed by atoms with Crippen molar-refractivity contribution in [2.24, 2.45) is 0 Å². The molecule has 1 heterocycles. The number of carboxylic acids is 1. The molecule has 7 heteroatoms. The molecule has 86 valence electrons. The van der Waals surface area contributed by atoms with Crippen molar-refractivity contribution in [1.29, 1.82) is 0 Å². The van der Waals surface area contributed by atoms with Gasteiger partial charge in [-0.05, 0) is 22.9 Å². The molecule has 0 atom stereocenters. The van der Waals surface area contributed by atoms with Gasteiger partial charge in [-0.15, -0.1) is 0 Å². The number of halogens is 3. The SMILES string of the molecule is C/C(Nc1cnc(Br)c(F)c1)=C(\F)C(=O)O. The van der Waals surface area contributed by atoms with Crippen molar-refractivity contribution in [3.8, 4) is 0 Å². The van der Waals surface area contributed by atoms with Crippen LogP contribution >= 0.6 is 15.9 Å². The van der Waals surface area contributed by atoms with E-state index in [0.717, 1.165) is 6.07 Å². The standard InChI is InChI=1S/C9H7BrF2N2O2/c1-4(7(12)9(15)16)14-5-2-6(11)8(10)13-3-5/h2-3,14H,1H3,(H,15,16)/b7-4+. The monoisotopic (exact) mass is 292 g/mol. The lowest BCUT2D eigenvalue weighted by Gasteiger charge is -2.06. The van der Waals surface area contributed by atoms with Gasteiger partial charge in [0.05, 0.1) is 17.6 Å². The van der Waals surface area contributed by atoms with Crippen molar-refractivity contribution >= 4 is 27.6 Å². The smallest absolute Gasteiger partial charge is 0.366 e. The highest BCUT2D eigenvalue weighted by atomic mass is 79.9. The number of anilines is 1. The van der Waals surface area contributed by atoms with Gasteiger partial charge in [-0.25, -0.2) is 14.2 Å². The topological polar surface area (TPSA) is 62.2 Å². The van der Waals surface area contributed by atoms with Gasteiger partial charge in [-0.3, -0.25) is 0 Å². The number of allylic oxidation sites excluding steroid dienone is 1. The van der Waals surface area contributed by atoms with E-state index in [2.05, 4.69) is 26.2 Å². The van der Waals surface area contributed by atoms with Crippen LogP contribution in [0, 0.1) is 5.82 Å². The summed E-state index contributed by atoms with van der Waals surface area (Å²) in [5, 5.41) is 10.8. The van der Waals surface area contributed by atoms with Crippen LogP contribution in [0.4, 0.5) is 14.5 Å². The molecule has 0 saturated heterocycles. The van der Waals surface area contributed by atoms with Crippen LogP contribution in [0.5, 0.6) is 0 Å². The Morgan fingerprint density at radius 3 is 2.75 bits per heavy atom. The van der Waals surface area contributed by atoms with Gasteiger partial charge in [0.2, 0.25) is 5.83 Å². The van der Waals surface area contributed by atoms with Crippen molar-refractivity contribution in [2.45, 2.75) is 6.92 Å². The Labute approximate surface area is 98.1 Å². The summed E-state index contributed by atoms with van der Waals surface area (Å²) in [6.45, 7) is 1.23. The Morgan fingerprint density at radius 1 is 1.62 bits per heavy atom. The van der Waals surface area contributed by atoms with E-state index < -0.39 is 17.6 Å². The van der Waals surface area contributed by atoms with Gasteiger partial charge in [0.25, 0.3) is 0 Å². The highest BCUT2D eigenvalue weighted by Crippen LogP contribution is 2.18. The quantitative estimate of drug-likeness (QED) is 0.664. The third-order valence-electron chi connectivity index (χ3n) is 1.65. The summed E-state index contributed by atoms with van der Waals surface area (Å²) in [5.41, 5.74) is -0.0642. The van der Waals surface area contributed by atoms with Crippen molar-refractivity contribution < 1.29 is 18.7 Å². The number of rotatable bonds is 3. The third-order valence-corrected chi connectivity index (χ3v) is 2.23. The van der Waals surface area contributed by atoms with Crippen molar-refractivity contribution in [2.75, 3.05) is 5.32 Å². The third kappa shape index (κ3) is 2.99. The Hall–Kier alpha value is -1.50. The normalized spacial score (nSPS) is 12.0. The average molecular weight is 293 g/mol. The molecule has 0 fully saturated rings. The zero-order chi connectivity index (χ0) is 12.3. The molecule has 0 aliphatic rings. The van der Waals surface area contributed by atoms with Crippen LogP contribution in [0.15, 0.2) is 28.4 Å². The van der Waals surface area contributed by atoms with Crippen molar-refractivity contribution in [1.82, 2.24) is 4.98 Å². The highest BCUT2D eigenvalue weighted by molar-refractivity contribution is 9.10. The molecule has 4 nitrogen and oxygen atoms in total. The van der Waals surface area contributed by atoms with Gasteiger partial charge in [-0.2, -0.15) is 4.39 Å². The Morgan fingerprint density at radius 2 is 2.25 bits per heavy atom. The first-order chi connectivity index (χ1) is 7.41. The second kappa shape index (κ2) is 5.02. The first kappa shape index (κ1) is 12.6. The number of aromatic nitrogens is 1. The largest absolute Gasteiger partial charge is 0.476 e. The molecule has 0 radical (unpaired) electrons. The summed E-state index contributed by atoms with van der Waals surface area (Å²) in [5.74, 6) is -3.65. The Bertz CT molecular complexity index is 463. The number of carboxylic acid groups (broad SMARTS) is 1. The fourth-order valence-corrected chi connectivity index (χ4v) is 1.14. The molecule has 16 heavy (non-hydrogen) atoms. The van der Waals surface area contributed by atoms with Crippen LogP contribution in [0.1, 0.15) is 6.92 Å². The first-order valence-electron chi connectivity index (χ1n) is 4.09. The predicted octanol–water partition coefficient (Wildman–Crippen LogP) is 2.68. The van der Waals surface area contributed by atoms with E-state index in [1.165, 1.54) is 13.1 Å². The minimum atomic E-state index is -1.68. The molecule has 0 amide bonds. The van der Waals surface area contributed by atoms with E-state index >= 15 is 0 Å². The molecule has 1 rings (SSSR count). The van der Waals surface area contributed by atoms with E-state index in [9.17, 15) is 13.6 Å². The summed E-state index contributed by atoms with van der Waals surface area (Å²) in [4.78, 5) is 13.9. The Kier molecular flexibility index (Phi) is 3.94. The van der Waals surface area contributed by atoms with Gasteiger partial charge in [-0.1, -0.05) is 0 Å². The molecule has 1 aromatic heterocycles. The molecule has 0 saturated carbocycles. The van der Waals surface area contributed by atoms with E-state index in [-0.39, 0.29) is 16.0 Å². The molecular weight excluding hydrogens is 286 g/mol. The van der Waals surface area contributed by atoms with Crippen molar-refractivity contribution in [3.05, 3.63) is 34.2 Å². The lowest BCUT2D eigenvalue weighted by molar-refractivity contribution is -0.134. The molecule has 0 aliphatic carbocycles. The number of carbonyl (C=O) groups is 1. The highest BCUT2D eigenvalue weighted by Gasteiger charge is 2.11. The van der Waals surface area contributed by atoms with Crippen LogP contribution < -0.4 is 5.32 Å². The average Bonchev–Trinajstić information content (AvgIpc) is 2.22. The van der Waals surface area contributed by atoms with Gasteiger partial charge in [0, 0.05) is 6.07 Å². The second-order valence-electron chi connectivity index (χ2n) is 2.87. The van der Waals surface area contributed by atoms with E-state index in [1.54, 1.807) is 0 Å².